The average Bonchev–Trinajstić information content (AvgIpc) is 2.59. The molecule has 0 aromatic carbocycles. The Balaban J connectivity index is 2.33. The van der Waals surface area contributed by atoms with Crippen LogP contribution in [0.2, 0.25) is 0 Å². The summed E-state index contributed by atoms with van der Waals surface area (Å²) in [4.78, 5) is 5.71. The molecule has 0 radical (unpaired) electrons. The summed E-state index contributed by atoms with van der Waals surface area (Å²) in [5.74, 6) is 4.66. The van der Waals surface area contributed by atoms with Crippen LogP contribution >= 0.6 is 0 Å². The van der Waals surface area contributed by atoms with Crippen molar-refractivity contribution in [3.63, 3.8) is 0 Å². The molecule has 2 rings (SSSR count). The lowest BCUT2D eigenvalue weighted by molar-refractivity contribution is 0.494. The second-order valence-corrected chi connectivity index (χ2v) is 4.63. The zero-order valence-electron chi connectivity index (χ0n) is 9.87. The first-order valence-electron chi connectivity index (χ1n) is 5.60. The van der Waals surface area contributed by atoms with Gasteiger partial charge >= 0.3 is 0 Å². The van der Waals surface area contributed by atoms with Crippen LogP contribution in [0.1, 0.15) is 13.8 Å². The van der Waals surface area contributed by atoms with E-state index in [0.717, 1.165) is 19.2 Å². The molecule has 2 heterocycles. The highest BCUT2D eigenvalue weighted by Gasteiger charge is 2.29. The molecule has 1 aliphatic rings. The normalized spacial score (nSPS) is 24.2. The SMILES string of the molecule is CC1CN(c2nc(NN)c(F)cc2F)CC1C. The lowest BCUT2D eigenvalue weighted by Crippen LogP contribution is -2.23. The minimum atomic E-state index is -0.783. The number of aromatic nitrogens is 1. The highest BCUT2D eigenvalue weighted by atomic mass is 19.1. The van der Waals surface area contributed by atoms with E-state index in [1.54, 1.807) is 0 Å². The molecule has 0 aliphatic carbocycles. The van der Waals surface area contributed by atoms with E-state index in [0.29, 0.717) is 11.8 Å². The van der Waals surface area contributed by atoms with Crippen molar-refractivity contribution >= 4 is 11.6 Å². The number of nitrogen functional groups attached to an aromatic ring is 1. The third-order valence-corrected chi connectivity index (χ3v) is 3.34. The first-order chi connectivity index (χ1) is 8.02. The van der Waals surface area contributed by atoms with Crippen LogP contribution in [0.3, 0.4) is 0 Å². The van der Waals surface area contributed by atoms with Crippen molar-refractivity contribution in [1.29, 1.82) is 0 Å². The molecule has 1 aromatic heterocycles. The molecule has 4 nitrogen and oxygen atoms in total. The van der Waals surface area contributed by atoms with Crippen molar-refractivity contribution in [3.8, 4) is 0 Å². The number of hydrogen-bond donors (Lipinski definition) is 2. The number of pyridine rings is 1. The van der Waals surface area contributed by atoms with Gasteiger partial charge in [0.25, 0.3) is 0 Å². The average molecular weight is 242 g/mol. The molecular weight excluding hydrogens is 226 g/mol. The van der Waals surface area contributed by atoms with Crippen LogP contribution in [0.25, 0.3) is 0 Å². The van der Waals surface area contributed by atoms with Crippen LogP contribution in [0, 0.1) is 23.5 Å². The molecule has 1 fully saturated rings. The number of hydrazine groups is 1. The maximum absolute atomic E-state index is 13.7. The van der Waals surface area contributed by atoms with E-state index in [2.05, 4.69) is 24.3 Å². The second-order valence-electron chi connectivity index (χ2n) is 4.63. The number of nitrogens with two attached hydrogens (primary N) is 1. The van der Waals surface area contributed by atoms with Crippen molar-refractivity contribution < 1.29 is 8.78 Å². The first kappa shape index (κ1) is 12.0. The molecule has 3 N–H and O–H groups in total. The van der Waals surface area contributed by atoms with Crippen LogP contribution in [0.5, 0.6) is 0 Å². The van der Waals surface area contributed by atoms with Crippen molar-refractivity contribution in [2.24, 2.45) is 17.7 Å². The van der Waals surface area contributed by atoms with Crippen LogP contribution in [0.4, 0.5) is 20.4 Å². The molecular formula is C11H16F2N4. The topological polar surface area (TPSA) is 54.2 Å². The maximum atomic E-state index is 13.7. The summed E-state index contributed by atoms with van der Waals surface area (Å²) in [6.45, 7) is 5.66. The number of halogens is 2. The molecule has 0 amide bonds. The fraction of sp³-hybridized carbons (Fsp3) is 0.545. The standard InChI is InChI=1S/C11H16F2N4/c1-6-4-17(5-7(6)2)11-9(13)3-8(12)10(15-11)16-14/h3,6-7H,4-5,14H2,1-2H3,(H,15,16). The Hall–Kier alpha value is -1.43. The van der Waals surface area contributed by atoms with E-state index in [1.807, 2.05) is 4.90 Å². The Morgan fingerprint density at radius 3 is 2.41 bits per heavy atom. The van der Waals surface area contributed by atoms with E-state index in [9.17, 15) is 8.78 Å². The third kappa shape index (κ3) is 2.17. The lowest BCUT2D eigenvalue weighted by Gasteiger charge is -2.18. The van der Waals surface area contributed by atoms with Gasteiger partial charge in [0.15, 0.2) is 23.3 Å². The number of rotatable bonds is 2. The first-order valence-corrected chi connectivity index (χ1v) is 5.60. The Labute approximate surface area is 98.8 Å². The molecule has 0 bridgehead atoms. The van der Waals surface area contributed by atoms with Gasteiger partial charge in [-0.25, -0.2) is 19.6 Å². The lowest BCUT2D eigenvalue weighted by atomic mass is 10.0. The Bertz CT molecular complexity index is 414. The number of anilines is 2. The summed E-state index contributed by atoms with van der Waals surface area (Å²) in [5, 5.41) is 0. The Morgan fingerprint density at radius 2 is 1.88 bits per heavy atom. The summed E-state index contributed by atoms with van der Waals surface area (Å²) < 4.78 is 26.9. The van der Waals surface area contributed by atoms with Crippen LogP contribution in [-0.4, -0.2) is 18.1 Å². The second kappa shape index (κ2) is 4.44. The van der Waals surface area contributed by atoms with Crippen molar-refractivity contribution in [2.45, 2.75) is 13.8 Å². The monoisotopic (exact) mass is 242 g/mol. The number of nitrogens with zero attached hydrogens (tertiary/aromatic N) is 2. The molecule has 1 aliphatic heterocycles. The van der Waals surface area contributed by atoms with Gasteiger partial charge in [0.2, 0.25) is 0 Å². The van der Waals surface area contributed by atoms with Gasteiger partial charge in [0.05, 0.1) is 0 Å². The van der Waals surface area contributed by atoms with E-state index in [-0.39, 0.29) is 11.6 Å². The van der Waals surface area contributed by atoms with E-state index < -0.39 is 11.6 Å². The minimum Gasteiger partial charge on any atom is -0.354 e. The van der Waals surface area contributed by atoms with Gasteiger partial charge in [-0.05, 0) is 11.8 Å². The van der Waals surface area contributed by atoms with E-state index in [4.69, 9.17) is 5.84 Å². The van der Waals surface area contributed by atoms with Crippen molar-refractivity contribution in [1.82, 2.24) is 4.98 Å². The molecule has 2 unspecified atom stereocenters. The van der Waals surface area contributed by atoms with Crippen molar-refractivity contribution in [3.05, 3.63) is 17.7 Å². The summed E-state index contributed by atoms with van der Waals surface area (Å²) in [6, 6.07) is 0.811. The zero-order valence-corrected chi connectivity index (χ0v) is 9.87. The maximum Gasteiger partial charge on any atom is 0.178 e. The van der Waals surface area contributed by atoms with E-state index in [1.165, 1.54) is 0 Å². The summed E-state index contributed by atoms with van der Waals surface area (Å²) >= 11 is 0. The molecule has 0 saturated carbocycles. The van der Waals surface area contributed by atoms with Crippen LogP contribution < -0.4 is 16.2 Å². The largest absolute Gasteiger partial charge is 0.354 e. The van der Waals surface area contributed by atoms with Gasteiger partial charge in [-0.15, -0.1) is 0 Å². The van der Waals surface area contributed by atoms with Gasteiger partial charge in [-0.2, -0.15) is 0 Å². The molecule has 1 aromatic rings. The number of hydrogen-bond acceptors (Lipinski definition) is 4. The predicted octanol–water partition coefficient (Wildman–Crippen LogP) is 1.74. The highest BCUT2D eigenvalue weighted by molar-refractivity contribution is 5.49. The highest BCUT2D eigenvalue weighted by Crippen LogP contribution is 2.29. The van der Waals surface area contributed by atoms with Crippen molar-refractivity contribution in [2.75, 3.05) is 23.4 Å². The quantitative estimate of drug-likeness (QED) is 0.612. The molecule has 6 heteroatoms. The van der Waals surface area contributed by atoms with Gasteiger partial charge in [-0.3, -0.25) is 0 Å². The fourth-order valence-electron chi connectivity index (χ4n) is 2.08. The third-order valence-electron chi connectivity index (χ3n) is 3.34. The summed E-state index contributed by atoms with van der Waals surface area (Å²) in [6.07, 6.45) is 0. The zero-order chi connectivity index (χ0) is 12.6. The Kier molecular flexibility index (Phi) is 3.15. The molecule has 0 spiro atoms. The Morgan fingerprint density at radius 1 is 1.29 bits per heavy atom. The smallest absolute Gasteiger partial charge is 0.178 e. The minimum absolute atomic E-state index is 0.131. The summed E-state index contributed by atoms with van der Waals surface area (Å²) in [7, 11) is 0. The van der Waals surface area contributed by atoms with Gasteiger partial charge in [0, 0.05) is 19.2 Å². The van der Waals surface area contributed by atoms with E-state index >= 15 is 0 Å². The molecule has 2 atom stereocenters. The molecule has 17 heavy (non-hydrogen) atoms. The fourth-order valence-corrected chi connectivity index (χ4v) is 2.08. The summed E-state index contributed by atoms with van der Waals surface area (Å²) in [5.41, 5.74) is 2.13. The van der Waals surface area contributed by atoms with Crippen LogP contribution in [-0.2, 0) is 0 Å². The van der Waals surface area contributed by atoms with Gasteiger partial charge in [-0.1, -0.05) is 13.8 Å². The van der Waals surface area contributed by atoms with Crippen LogP contribution in [0.15, 0.2) is 6.07 Å². The molecule has 1 saturated heterocycles. The van der Waals surface area contributed by atoms with Gasteiger partial charge < -0.3 is 10.3 Å². The van der Waals surface area contributed by atoms with Gasteiger partial charge in [0.1, 0.15) is 0 Å². The molecule has 94 valence electrons. The number of nitrogens with one attached hydrogen (secondary N) is 1. The predicted molar refractivity (Wildman–Crippen MR) is 62.5 cm³/mol.